The number of benzene rings is 2. The molecule has 0 aromatic heterocycles. The summed E-state index contributed by atoms with van der Waals surface area (Å²) in [5, 5.41) is 5.26. The topological polar surface area (TPSA) is 102 Å². The van der Waals surface area contributed by atoms with E-state index in [0.717, 1.165) is 0 Å². The average molecular weight is 382 g/mol. The first-order valence-corrected chi connectivity index (χ1v) is 8.72. The van der Waals surface area contributed by atoms with Gasteiger partial charge in [-0.25, -0.2) is 0 Å². The highest BCUT2D eigenvalue weighted by atomic mass is 16.5. The number of hydrogen-bond donors (Lipinski definition) is 2. The number of esters is 1. The molecule has 7 heteroatoms. The summed E-state index contributed by atoms with van der Waals surface area (Å²) < 4.78 is 5.17. The van der Waals surface area contributed by atoms with Gasteiger partial charge < -0.3 is 15.4 Å². The van der Waals surface area contributed by atoms with Crippen LogP contribution in [0.5, 0.6) is 0 Å². The number of rotatable bonds is 7. The Labute approximate surface area is 163 Å². The quantitative estimate of drug-likeness (QED) is 0.566. The molecule has 2 rings (SSSR count). The van der Waals surface area contributed by atoms with E-state index in [9.17, 15) is 19.2 Å². The summed E-state index contributed by atoms with van der Waals surface area (Å²) in [5.41, 5.74) is 2.25. The Hall–Kier alpha value is -3.48. The van der Waals surface area contributed by atoms with Gasteiger partial charge in [-0.15, -0.1) is 0 Å². The number of ether oxygens (including phenoxy) is 1. The van der Waals surface area contributed by atoms with Crippen LogP contribution in [-0.2, 0) is 25.5 Å². The largest absolute Gasteiger partial charge is 0.452 e. The number of amides is 2. The molecule has 1 atom stereocenters. The zero-order chi connectivity index (χ0) is 20.7. The molecule has 0 aliphatic heterocycles. The number of carbonyl (C=O) groups is 4. The molecule has 0 aliphatic rings. The van der Waals surface area contributed by atoms with Crippen LogP contribution in [-0.4, -0.2) is 29.7 Å². The Morgan fingerprint density at radius 3 is 2.21 bits per heavy atom. The van der Waals surface area contributed by atoms with Gasteiger partial charge in [-0.05, 0) is 43.7 Å². The third kappa shape index (κ3) is 6.35. The zero-order valence-electron chi connectivity index (χ0n) is 15.9. The second-order valence-electron chi connectivity index (χ2n) is 6.31. The van der Waals surface area contributed by atoms with Crippen molar-refractivity contribution in [3.8, 4) is 0 Å². The second-order valence-corrected chi connectivity index (χ2v) is 6.31. The molecule has 2 aromatic carbocycles. The monoisotopic (exact) mass is 382 g/mol. The molecule has 2 amide bonds. The Kier molecular flexibility index (Phi) is 7.03. The number of carbonyl (C=O) groups excluding carboxylic acids is 4. The first kappa shape index (κ1) is 20.8. The fourth-order valence-corrected chi connectivity index (χ4v) is 2.43. The van der Waals surface area contributed by atoms with E-state index in [0.29, 0.717) is 22.5 Å². The van der Waals surface area contributed by atoms with Crippen LogP contribution < -0.4 is 10.6 Å². The van der Waals surface area contributed by atoms with Gasteiger partial charge >= 0.3 is 5.97 Å². The number of anilines is 2. The van der Waals surface area contributed by atoms with Crippen molar-refractivity contribution in [1.29, 1.82) is 0 Å². The van der Waals surface area contributed by atoms with E-state index in [2.05, 4.69) is 10.6 Å². The van der Waals surface area contributed by atoms with Crippen LogP contribution in [0.3, 0.4) is 0 Å². The number of nitrogens with one attached hydrogen (secondary N) is 2. The fraction of sp³-hybridized carbons (Fsp3) is 0.238. The van der Waals surface area contributed by atoms with Crippen LogP contribution >= 0.6 is 0 Å². The lowest BCUT2D eigenvalue weighted by Crippen LogP contribution is -2.30. The van der Waals surface area contributed by atoms with E-state index in [1.54, 1.807) is 48.5 Å². The molecular weight excluding hydrogens is 360 g/mol. The Morgan fingerprint density at radius 1 is 0.929 bits per heavy atom. The lowest BCUT2D eigenvalue weighted by Gasteiger charge is -2.14. The lowest BCUT2D eigenvalue weighted by atomic mass is 10.1. The summed E-state index contributed by atoms with van der Waals surface area (Å²) in [6.07, 6.45) is -0.996. The van der Waals surface area contributed by atoms with Gasteiger partial charge in [0.15, 0.2) is 11.9 Å². The van der Waals surface area contributed by atoms with Gasteiger partial charge in [0.05, 0.1) is 6.42 Å². The van der Waals surface area contributed by atoms with Crippen LogP contribution in [0.4, 0.5) is 11.4 Å². The Bertz CT molecular complexity index is 890. The average Bonchev–Trinajstić information content (AvgIpc) is 2.63. The van der Waals surface area contributed by atoms with Crippen molar-refractivity contribution < 1.29 is 23.9 Å². The van der Waals surface area contributed by atoms with Gasteiger partial charge in [0.25, 0.3) is 5.91 Å². The highest BCUT2D eigenvalue weighted by molar-refractivity contribution is 5.98. The predicted octanol–water partition coefficient (Wildman–Crippen LogP) is 2.96. The molecule has 0 saturated heterocycles. The molecule has 0 unspecified atom stereocenters. The van der Waals surface area contributed by atoms with Gasteiger partial charge in [0, 0.05) is 23.9 Å². The van der Waals surface area contributed by atoms with Gasteiger partial charge in [0.1, 0.15) is 0 Å². The summed E-state index contributed by atoms with van der Waals surface area (Å²) in [6, 6.07) is 13.3. The summed E-state index contributed by atoms with van der Waals surface area (Å²) in [4.78, 5) is 46.7. The molecule has 0 saturated carbocycles. The Balaban J connectivity index is 1.89. The first-order valence-electron chi connectivity index (χ1n) is 8.72. The van der Waals surface area contributed by atoms with Crippen molar-refractivity contribution in [3.63, 3.8) is 0 Å². The summed E-state index contributed by atoms with van der Waals surface area (Å²) in [7, 11) is 0. The zero-order valence-corrected chi connectivity index (χ0v) is 15.9. The SMILES string of the molecule is CC(=O)Nc1ccc(CC(=O)O[C@H](C)C(=O)Nc2cccc(C(C)=O)c2)cc1. The lowest BCUT2D eigenvalue weighted by molar-refractivity contribution is -0.152. The van der Waals surface area contributed by atoms with Crippen LogP contribution in [0, 0.1) is 0 Å². The summed E-state index contributed by atoms with van der Waals surface area (Å²) >= 11 is 0. The third-order valence-corrected chi connectivity index (χ3v) is 3.84. The van der Waals surface area contributed by atoms with Crippen LogP contribution in [0.2, 0.25) is 0 Å². The van der Waals surface area contributed by atoms with Crippen molar-refractivity contribution in [2.75, 3.05) is 10.6 Å². The number of ketones is 1. The summed E-state index contributed by atoms with van der Waals surface area (Å²) in [5.74, 6) is -1.33. The van der Waals surface area contributed by atoms with Crippen LogP contribution in [0.25, 0.3) is 0 Å². The fourth-order valence-electron chi connectivity index (χ4n) is 2.43. The van der Waals surface area contributed by atoms with E-state index in [1.165, 1.54) is 20.8 Å². The molecule has 0 aliphatic carbocycles. The summed E-state index contributed by atoms with van der Waals surface area (Å²) in [6.45, 7) is 4.32. The van der Waals surface area contributed by atoms with Gasteiger partial charge in [-0.1, -0.05) is 24.3 Å². The van der Waals surface area contributed by atoms with Crippen molar-refractivity contribution >= 4 is 34.9 Å². The van der Waals surface area contributed by atoms with Crippen molar-refractivity contribution in [2.24, 2.45) is 0 Å². The molecule has 7 nitrogen and oxygen atoms in total. The smallest absolute Gasteiger partial charge is 0.311 e. The molecule has 2 N–H and O–H groups in total. The predicted molar refractivity (Wildman–Crippen MR) is 105 cm³/mol. The number of hydrogen-bond acceptors (Lipinski definition) is 5. The molecule has 0 radical (unpaired) electrons. The van der Waals surface area contributed by atoms with E-state index >= 15 is 0 Å². The van der Waals surface area contributed by atoms with E-state index in [1.807, 2.05) is 0 Å². The minimum Gasteiger partial charge on any atom is -0.452 e. The van der Waals surface area contributed by atoms with E-state index in [-0.39, 0.29) is 18.1 Å². The molecule has 28 heavy (non-hydrogen) atoms. The van der Waals surface area contributed by atoms with Gasteiger partial charge in [0.2, 0.25) is 5.91 Å². The normalized spacial score (nSPS) is 11.2. The molecule has 146 valence electrons. The van der Waals surface area contributed by atoms with Crippen LogP contribution in [0.1, 0.15) is 36.7 Å². The highest BCUT2D eigenvalue weighted by Gasteiger charge is 2.18. The number of Topliss-reactive ketones (excluding diaryl/α,β-unsaturated/α-hetero) is 1. The molecule has 0 bridgehead atoms. The molecule has 0 fully saturated rings. The van der Waals surface area contributed by atoms with Crippen molar-refractivity contribution in [3.05, 3.63) is 59.7 Å². The molecule has 0 heterocycles. The minimum atomic E-state index is -0.993. The first-order chi connectivity index (χ1) is 13.2. The van der Waals surface area contributed by atoms with Gasteiger partial charge in [-0.2, -0.15) is 0 Å². The van der Waals surface area contributed by atoms with Gasteiger partial charge in [-0.3, -0.25) is 19.2 Å². The highest BCUT2D eigenvalue weighted by Crippen LogP contribution is 2.13. The standard InChI is InChI=1S/C21H22N2O5/c1-13(24)17-5-4-6-19(12-17)23-21(27)14(2)28-20(26)11-16-7-9-18(10-8-16)22-15(3)25/h4-10,12,14H,11H2,1-3H3,(H,22,25)(H,23,27)/t14-/m1/s1. The van der Waals surface area contributed by atoms with Crippen molar-refractivity contribution in [1.82, 2.24) is 0 Å². The molecular formula is C21H22N2O5. The molecule has 2 aromatic rings. The maximum absolute atomic E-state index is 12.2. The van der Waals surface area contributed by atoms with E-state index < -0.39 is 18.0 Å². The third-order valence-electron chi connectivity index (χ3n) is 3.84. The van der Waals surface area contributed by atoms with Crippen LogP contribution in [0.15, 0.2) is 48.5 Å². The maximum Gasteiger partial charge on any atom is 0.311 e. The minimum absolute atomic E-state index is 0.00219. The van der Waals surface area contributed by atoms with E-state index in [4.69, 9.17) is 4.74 Å². The maximum atomic E-state index is 12.2. The van der Waals surface area contributed by atoms with Crippen molar-refractivity contribution in [2.45, 2.75) is 33.3 Å². The Morgan fingerprint density at radius 2 is 1.61 bits per heavy atom. The molecule has 0 spiro atoms. The second kappa shape index (κ2) is 9.45.